The lowest BCUT2D eigenvalue weighted by Gasteiger charge is -2.30. The van der Waals surface area contributed by atoms with Gasteiger partial charge in [0.2, 0.25) is 5.91 Å². The molecule has 0 aromatic heterocycles. The number of hydrogen-bond donors (Lipinski definition) is 3. The van der Waals surface area contributed by atoms with Gasteiger partial charge < -0.3 is 17.2 Å². The number of primary amides is 1. The summed E-state index contributed by atoms with van der Waals surface area (Å²) in [6.45, 7) is 0.534. The summed E-state index contributed by atoms with van der Waals surface area (Å²) in [7, 11) is 0. The van der Waals surface area contributed by atoms with Gasteiger partial charge in [-0.3, -0.25) is 4.79 Å². The Kier molecular flexibility index (Phi) is 3.69. The maximum Gasteiger partial charge on any atom is 0.220 e. The highest BCUT2D eigenvalue weighted by Crippen LogP contribution is 2.29. The summed E-state index contributed by atoms with van der Waals surface area (Å²) in [5.74, 6) is 0.390. The van der Waals surface area contributed by atoms with Gasteiger partial charge in [-0.05, 0) is 31.6 Å². The van der Waals surface area contributed by atoms with Crippen molar-refractivity contribution in [3.63, 3.8) is 0 Å². The van der Waals surface area contributed by atoms with Crippen molar-refractivity contribution in [2.45, 2.75) is 31.7 Å². The molecule has 0 spiro atoms. The second kappa shape index (κ2) is 4.58. The van der Waals surface area contributed by atoms with Crippen LogP contribution < -0.4 is 17.2 Å². The summed E-state index contributed by atoms with van der Waals surface area (Å²) in [5, 5.41) is 0. The number of carbonyl (C=O) groups excluding carboxylic acids is 1. The van der Waals surface area contributed by atoms with Gasteiger partial charge in [0.1, 0.15) is 0 Å². The van der Waals surface area contributed by atoms with E-state index >= 15 is 0 Å². The van der Waals surface area contributed by atoms with Crippen molar-refractivity contribution in [3.8, 4) is 0 Å². The third-order valence-corrected chi connectivity index (χ3v) is 3.05. The molecular formula is C9H19N3O. The van der Waals surface area contributed by atoms with Crippen LogP contribution in [0.25, 0.3) is 0 Å². The SMILES string of the molecule is NCC(N)C1CCC(C(N)=O)CC1. The molecule has 1 unspecified atom stereocenters. The van der Waals surface area contributed by atoms with Gasteiger partial charge >= 0.3 is 0 Å². The largest absolute Gasteiger partial charge is 0.369 e. The standard InChI is InChI=1S/C9H19N3O/c10-5-8(11)6-1-3-7(4-2-6)9(12)13/h6-8H,1-5,10-11H2,(H2,12,13). The minimum Gasteiger partial charge on any atom is -0.369 e. The first-order valence-corrected chi connectivity index (χ1v) is 4.90. The summed E-state index contributed by atoms with van der Waals surface area (Å²) >= 11 is 0. The Labute approximate surface area is 78.8 Å². The molecule has 6 N–H and O–H groups in total. The summed E-state index contributed by atoms with van der Waals surface area (Å²) in [6.07, 6.45) is 3.75. The third kappa shape index (κ3) is 2.67. The van der Waals surface area contributed by atoms with E-state index in [1.807, 2.05) is 0 Å². The lowest BCUT2D eigenvalue weighted by molar-refractivity contribution is -0.123. The zero-order valence-corrected chi connectivity index (χ0v) is 7.91. The van der Waals surface area contributed by atoms with Crippen LogP contribution in [0.1, 0.15) is 25.7 Å². The van der Waals surface area contributed by atoms with Crippen LogP contribution in [0.2, 0.25) is 0 Å². The summed E-state index contributed by atoms with van der Waals surface area (Å²) in [4.78, 5) is 10.9. The van der Waals surface area contributed by atoms with E-state index in [0.29, 0.717) is 12.5 Å². The van der Waals surface area contributed by atoms with Crippen LogP contribution in [0, 0.1) is 11.8 Å². The average molecular weight is 185 g/mol. The first-order chi connectivity index (χ1) is 6.15. The molecule has 0 heterocycles. The van der Waals surface area contributed by atoms with Crippen LogP contribution in [0.3, 0.4) is 0 Å². The van der Waals surface area contributed by atoms with Gasteiger partial charge in [0.05, 0.1) is 0 Å². The molecule has 13 heavy (non-hydrogen) atoms. The highest BCUT2D eigenvalue weighted by molar-refractivity contribution is 5.76. The van der Waals surface area contributed by atoms with E-state index in [9.17, 15) is 4.79 Å². The fraction of sp³-hybridized carbons (Fsp3) is 0.889. The molecule has 0 radical (unpaired) electrons. The van der Waals surface area contributed by atoms with Crippen molar-refractivity contribution in [2.24, 2.45) is 29.0 Å². The van der Waals surface area contributed by atoms with Crippen molar-refractivity contribution in [3.05, 3.63) is 0 Å². The van der Waals surface area contributed by atoms with Crippen molar-refractivity contribution >= 4 is 5.91 Å². The fourth-order valence-corrected chi connectivity index (χ4v) is 2.02. The predicted molar refractivity (Wildman–Crippen MR) is 51.7 cm³/mol. The Morgan fingerprint density at radius 2 is 1.85 bits per heavy atom. The van der Waals surface area contributed by atoms with Gasteiger partial charge in [-0.1, -0.05) is 0 Å². The summed E-state index contributed by atoms with van der Waals surface area (Å²) < 4.78 is 0. The maximum absolute atomic E-state index is 10.9. The van der Waals surface area contributed by atoms with Crippen molar-refractivity contribution in [2.75, 3.05) is 6.54 Å². The first-order valence-electron chi connectivity index (χ1n) is 4.90. The highest BCUT2D eigenvalue weighted by Gasteiger charge is 2.27. The Morgan fingerprint density at radius 1 is 1.31 bits per heavy atom. The third-order valence-electron chi connectivity index (χ3n) is 3.05. The number of amides is 1. The second-order valence-corrected chi connectivity index (χ2v) is 3.91. The monoisotopic (exact) mass is 185 g/mol. The molecule has 1 saturated carbocycles. The first kappa shape index (κ1) is 10.5. The molecule has 0 bridgehead atoms. The van der Waals surface area contributed by atoms with Gasteiger partial charge in [0, 0.05) is 18.5 Å². The van der Waals surface area contributed by atoms with E-state index in [4.69, 9.17) is 17.2 Å². The molecule has 1 aliphatic rings. The zero-order chi connectivity index (χ0) is 9.84. The summed E-state index contributed by atoms with van der Waals surface area (Å²) in [6, 6.07) is 0.0915. The minimum atomic E-state index is -0.167. The van der Waals surface area contributed by atoms with Gasteiger partial charge in [-0.25, -0.2) is 0 Å². The van der Waals surface area contributed by atoms with Crippen LogP contribution in [-0.2, 0) is 4.79 Å². The van der Waals surface area contributed by atoms with Gasteiger partial charge in [-0.2, -0.15) is 0 Å². The predicted octanol–water partition coefficient (Wildman–Crippen LogP) is -0.436. The molecule has 1 aliphatic carbocycles. The summed E-state index contributed by atoms with van der Waals surface area (Å²) in [5.41, 5.74) is 16.5. The van der Waals surface area contributed by atoms with Crippen LogP contribution >= 0.6 is 0 Å². The smallest absolute Gasteiger partial charge is 0.220 e. The Hall–Kier alpha value is -0.610. The van der Waals surface area contributed by atoms with E-state index < -0.39 is 0 Å². The molecule has 4 nitrogen and oxygen atoms in total. The van der Waals surface area contributed by atoms with E-state index in [1.165, 1.54) is 0 Å². The molecule has 0 aromatic rings. The molecule has 0 aromatic carbocycles. The van der Waals surface area contributed by atoms with Gasteiger partial charge in [0.15, 0.2) is 0 Å². The average Bonchev–Trinajstić information content (AvgIpc) is 2.17. The van der Waals surface area contributed by atoms with E-state index in [2.05, 4.69) is 0 Å². The normalized spacial score (nSPS) is 31.2. The Balaban J connectivity index is 2.34. The van der Waals surface area contributed by atoms with Crippen LogP contribution in [0.4, 0.5) is 0 Å². The van der Waals surface area contributed by atoms with E-state index in [0.717, 1.165) is 25.7 Å². The van der Waals surface area contributed by atoms with Crippen LogP contribution in [-0.4, -0.2) is 18.5 Å². The van der Waals surface area contributed by atoms with Crippen LogP contribution in [0.5, 0.6) is 0 Å². The molecule has 76 valence electrons. The quantitative estimate of drug-likeness (QED) is 0.556. The fourth-order valence-electron chi connectivity index (χ4n) is 2.02. The molecule has 0 saturated heterocycles. The molecule has 1 amide bonds. The van der Waals surface area contributed by atoms with Crippen molar-refractivity contribution < 1.29 is 4.79 Å². The zero-order valence-electron chi connectivity index (χ0n) is 7.91. The van der Waals surface area contributed by atoms with E-state index in [-0.39, 0.29) is 17.9 Å². The molecule has 4 heteroatoms. The number of hydrogen-bond acceptors (Lipinski definition) is 3. The maximum atomic E-state index is 10.9. The highest BCUT2D eigenvalue weighted by atomic mass is 16.1. The molecule has 1 rings (SSSR count). The molecule has 0 aliphatic heterocycles. The number of carbonyl (C=O) groups is 1. The van der Waals surface area contributed by atoms with Gasteiger partial charge in [0.25, 0.3) is 0 Å². The lowest BCUT2D eigenvalue weighted by atomic mass is 9.78. The molecular weight excluding hydrogens is 166 g/mol. The molecule has 1 atom stereocenters. The Bertz CT molecular complexity index is 176. The van der Waals surface area contributed by atoms with Crippen LogP contribution in [0.15, 0.2) is 0 Å². The second-order valence-electron chi connectivity index (χ2n) is 3.91. The minimum absolute atomic E-state index is 0.0706. The topological polar surface area (TPSA) is 95.1 Å². The van der Waals surface area contributed by atoms with Gasteiger partial charge in [-0.15, -0.1) is 0 Å². The Morgan fingerprint density at radius 3 is 2.23 bits per heavy atom. The molecule has 1 fully saturated rings. The number of nitrogens with two attached hydrogens (primary N) is 3. The lowest BCUT2D eigenvalue weighted by Crippen LogP contribution is -2.40. The van der Waals surface area contributed by atoms with E-state index in [1.54, 1.807) is 0 Å². The number of rotatable bonds is 3. The van der Waals surface area contributed by atoms with Crippen molar-refractivity contribution in [1.82, 2.24) is 0 Å². The van der Waals surface area contributed by atoms with Crippen molar-refractivity contribution in [1.29, 1.82) is 0 Å².